The predicted molar refractivity (Wildman–Crippen MR) is 157 cm³/mol. The fourth-order valence-electron chi connectivity index (χ4n) is 4.86. The Morgan fingerprint density at radius 2 is 1.59 bits per heavy atom. The molecule has 0 N–H and O–H groups in total. The second-order valence-electron chi connectivity index (χ2n) is 9.26. The lowest BCUT2D eigenvalue weighted by Crippen LogP contribution is -2.47. The summed E-state index contributed by atoms with van der Waals surface area (Å²) in [6.07, 6.45) is 3.29. The molecule has 4 aromatic rings. The maximum absolute atomic E-state index is 14.4. The third-order valence-electron chi connectivity index (χ3n) is 6.85. The van der Waals surface area contributed by atoms with E-state index in [1.165, 1.54) is 22.2 Å². The number of rotatable bonds is 5. The van der Waals surface area contributed by atoms with Crippen molar-refractivity contribution in [3.8, 4) is 0 Å². The number of anilines is 2. The molecule has 4 heterocycles. The molecule has 2 aliphatic heterocycles. The van der Waals surface area contributed by atoms with Crippen LogP contribution in [0.4, 0.5) is 15.9 Å². The Hall–Kier alpha value is -4.02. The van der Waals surface area contributed by atoms with Gasteiger partial charge in [0.1, 0.15) is 21.6 Å². The number of carbonyl (C=O) groups excluding carboxylic acids is 1. The summed E-state index contributed by atoms with van der Waals surface area (Å²) in [5.41, 5.74) is 2.11. The van der Waals surface area contributed by atoms with Gasteiger partial charge in [-0.3, -0.25) is 18.9 Å². The first kappa shape index (κ1) is 25.3. The molecule has 2 aliphatic rings. The molecule has 10 heteroatoms. The monoisotopic (exact) mass is 557 g/mol. The van der Waals surface area contributed by atoms with Crippen LogP contribution in [0.25, 0.3) is 11.7 Å². The summed E-state index contributed by atoms with van der Waals surface area (Å²) < 4.78 is 16.3. The van der Waals surface area contributed by atoms with Crippen molar-refractivity contribution in [2.75, 3.05) is 36.0 Å². The summed E-state index contributed by atoms with van der Waals surface area (Å²) in [4.78, 5) is 37.9. The van der Waals surface area contributed by atoms with Gasteiger partial charge in [0.15, 0.2) is 0 Å². The molecule has 7 nitrogen and oxygen atoms in total. The van der Waals surface area contributed by atoms with Gasteiger partial charge in [0.2, 0.25) is 0 Å². The quantitative estimate of drug-likeness (QED) is 0.263. The zero-order valence-electron chi connectivity index (χ0n) is 20.9. The number of para-hydroxylation sites is 1. The van der Waals surface area contributed by atoms with Crippen LogP contribution >= 0.6 is 24.0 Å². The topological polar surface area (TPSA) is 61.2 Å². The molecule has 196 valence electrons. The molecule has 0 unspecified atom stereocenters. The Morgan fingerprint density at radius 3 is 2.36 bits per heavy atom. The highest BCUT2D eigenvalue weighted by atomic mass is 32.2. The van der Waals surface area contributed by atoms with Crippen LogP contribution in [-0.2, 0) is 11.3 Å². The van der Waals surface area contributed by atoms with E-state index in [9.17, 15) is 14.0 Å². The molecular formula is C29H24FN5O2S2. The third kappa shape index (κ3) is 4.93. The largest absolute Gasteiger partial charge is 0.366 e. The Kier molecular flexibility index (Phi) is 6.88. The number of piperazine rings is 1. The summed E-state index contributed by atoms with van der Waals surface area (Å²) >= 11 is 6.72. The molecular weight excluding hydrogens is 533 g/mol. The van der Waals surface area contributed by atoms with Crippen LogP contribution in [0, 0.1) is 5.82 Å². The molecule has 2 fully saturated rings. The molecule has 2 aromatic heterocycles. The Balaban J connectivity index is 1.34. The summed E-state index contributed by atoms with van der Waals surface area (Å²) in [6.45, 7) is 2.58. The molecule has 0 radical (unpaired) electrons. The average Bonchev–Trinajstić information content (AvgIpc) is 3.23. The number of thiocarbonyl (C=S) groups is 1. The van der Waals surface area contributed by atoms with Crippen LogP contribution in [0.2, 0.25) is 0 Å². The Morgan fingerprint density at radius 1 is 0.897 bits per heavy atom. The maximum Gasteiger partial charge on any atom is 0.267 e. The summed E-state index contributed by atoms with van der Waals surface area (Å²) in [5.74, 6) is 0.0145. The van der Waals surface area contributed by atoms with Gasteiger partial charge in [-0.2, -0.15) is 0 Å². The zero-order valence-corrected chi connectivity index (χ0v) is 22.5. The molecule has 6 rings (SSSR count). The minimum Gasteiger partial charge on any atom is -0.366 e. The number of carbonyl (C=O) groups is 1. The van der Waals surface area contributed by atoms with Gasteiger partial charge in [0.05, 0.1) is 22.7 Å². The Bertz CT molecular complexity index is 1670. The lowest BCUT2D eigenvalue weighted by atomic mass is 10.2. The molecule has 2 aromatic carbocycles. The van der Waals surface area contributed by atoms with Gasteiger partial charge in [0.25, 0.3) is 11.5 Å². The van der Waals surface area contributed by atoms with Crippen LogP contribution < -0.4 is 15.4 Å². The molecule has 0 saturated carbocycles. The highest BCUT2D eigenvalue weighted by Crippen LogP contribution is 2.34. The van der Waals surface area contributed by atoms with E-state index in [0.29, 0.717) is 64.7 Å². The van der Waals surface area contributed by atoms with Gasteiger partial charge in [0, 0.05) is 32.4 Å². The van der Waals surface area contributed by atoms with Crippen molar-refractivity contribution in [1.82, 2.24) is 14.3 Å². The molecule has 0 atom stereocenters. The van der Waals surface area contributed by atoms with Crippen molar-refractivity contribution < 1.29 is 9.18 Å². The van der Waals surface area contributed by atoms with E-state index < -0.39 is 0 Å². The minimum atomic E-state index is -0.263. The van der Waals surface area contributed by atoms with Gasteiger partial charge in [-0.05, 0) is 35.9 Å². The molecule has 1 amide bonds. The van der Waals surface area contributed by atoms with Gasteiger partial charge in [-0.15, -0.1) is 0 Å². The third-order valence-corrected chi connectivity index (χ3v) is 8.23. The van der Waals surface area contributed by atoms with Crippen LogP contribution in [0.3, 0.4) is 0 Å². The van der Waals surface area contributed by atoms with Crippen molar-refractivity contribution in [3.05, 3.63) is 111 Å². The first-order valence-corrected chi connectivity index (χ1v) is 13.8. The number of halogens is 1. The van der Waals surface area contributed by atoms with Crippen LogP contribution in [0.15, 0.2) is 88.7 Å². The van der Waals surface area contributed by atoms with E-state index in [2.05, 4.69) is 0 Å². The summed E-state index contributed by atoms with van der Waals surface area (Å²) in [7, 11) is 0. The second-order valence-corrected chi connectivity index (χ2v) is 10.9. The Labute approximate surface area is 234 Å². The number of aromatic nitrogens is 2. The van der Waals surface area contributed by atoms with E-state index in [0.717, 1.165) is 5.56 Å². The van der Waals surface area contributed by atoms with E-state index in [4.69, 9.17) is 17.2 Å². The van der Waals surface area contributed by atoms with E-state index >= 15 is 0 Å². The number of thioether (sulfide) groups is 1. The predicted octanol–water partition coefficient (Wildman–Crippen LogP) is 4.56. The number of nitrogens with zero attached hydrogens (tertiary/aromatic N) is 5. The van der Waals surface area contributed by atoms with E-state index in [1.807, 2.05) is 52.3 Å². The first-order chi connectivity index (χ1) is 19.0. The van der Waals surface area contributed by atoms with Crippen molar-refractivity contribution in [3.63, 3.8) is 0 Å². The van der Waals surface area contributed by atoms with Crippen molar-refractivity contribution in [2.45, 2.75) is 6.54 Å². The van der Waals surface area contributed by atoms with Gasteiger partial charge in [-0.1, -0.05) is 72.5 Å². The van der Waals surface area contributed by atoms with Gasteiger partial charge in [-0.25, -0.2) is 9.37 Å². The SMILES string of the molecule is O=C1C(=Cc2c(N3CCN(c4ccccc4F)CC3)nc3ccccn3c2=O)SC(=S)N1Cc1ccccc1. The number of benzene rings is 2. The standard InChI is InChI=1S/C29H24FN5O2S2/c30-22-10-4-5-11-23(22)32-14-16-33(17-15-32)26-21(27(36)34-13-7-6-12-25(34)31-26)18-24-28(37)35(29(38)39-24)19-20-8-2-1-3-9-20/h1-13,18H,14-17,19H2. The first-order valence-electron chi connectivity index (χ1n) is 12.5. The fraction of sp³-hybridized carbons (Fsp3) is 0.172. The molecule has 0 aliphatic carbocycles. The summed E-state index contributed by atoms with van der Waals surface area (Å²) in [6, 6.07) is 21.8. The fourth-order valence-corrected chi connectivity index (χ4v) is 6.10. The molecule has 39 heavy (non-hydrogen) atoms. The van der Waals surface area contributed by atoms with Crippen LogP contribution in [-0.4, -0.2) is 50.7 Å². The van der Waals surface area contributed by atoms with Gasteiger partial charge >= 0.3 is 0 Å². The lowest BCUT2D eigenvalue weighted by molar-refractivity contribution is -0.122. The van der Waals surface area contributed by atoms with Crippen molar-refractivity contribution in [1.29, 1.82) is 0 Å². The van der Waals surface area contributed by atoms with Crippen molar-refractivity contribution >= 4 is 57.4 Å². The number of hydrogen-bond acceptors (Lipinski definition) is 7. The second kappa shape index (κ2) is 10.6. The number of hydrogen-bond donors (Lipinski definition) is 0. The molecule has 0 spiro atoms. The molecule has 0 bridgehead atoms. The molecule has 2 saturated heterocycles. The highest BCUT2D eigenvalue weighted by Gasteiger charge is 2.33. The smallest absolute Gasteiger partial charge is 0.267 e. The minimum absolute atomic E-state index is 0.235. The highest BCUT2D eigenvalue weighted by molar-refractivity contribution is 8.26. The number of fused-ring (bicyclic) bond motifs is 1. The van der Waals surface area contributed by atoms with Crippen LogP contribution in [0.5, 0.6) is 0 Å². The normalized spacial score (nSPS) is 17.1. The number of amides is 1. The number of pyridine rings is 1. The zero-order chi connectivity index (χ0) is 26.9. The summed E-state index contributed by atoms with van der Waals surface area (Å²) in [5, 5.41) is 0. The van der Waals surface area contributed by atoms with E-state index in [1.54, 1.807) is 41.4 Å². The van der Waals surface area contributed by atoms with Crippen LogP contribution in [0.1, 0.15) is 11.1 Å². The lowest BCUT2D eigenvalue weighted by Gasteiger charge is -2.37. The van der Waals surface area contributed by atoms with Gasteiger partial charge < -0.3 is 9.80 Å². The maximum atomic E-state index is 14.4. The van der Waals surface area contributed by atoms with E-state index in [-0.39, 0.29) is 17.3 Å². The van der Waals surface area contributed by atoms with Crippen molar-refractivity contribution in [2.24, 2.45) is 0 Å². The average molecular weight is 558 g/mol.